The third kappa shape index (κ3) is 11.3. The van der Waals surface area contributed by atoms with Crippen molar-refractivity contribution < 1.29 is 53.4 Å². The van der Waals surface area contributed by atoms with Crippen molar-refractivity contribution in [1.82, 2.24) is 29.8 Å². The van der Waals surface area contributed by atoms with Gasteiger partial charge in [-0.3, -0.25) is 48.4 Å². The van der Waals surface area contributed by atoms with E-state index in [1.165, 1.54) is 6.42 Å². The maximum atomic E-state index is 13.8. The van der Waals surface area contributed by atoms with Crippen molar-refractivity contribution in [3.05, 3.63) is 0 Å². The minimum absolute atomic E-state index is 0.0503. The van der Waals surface area contributed by atoms with Crippen LogP contribution in [-0.4, -0.2) is 191 Å². The SMILES string of the molecule is C[C@@H](NC(=O)C1CCC(CCC(=O)CN2CCN(CC(=O)O)CCN(CC(=O)O)CCN(CC(=O)O)CC2)CC1)C(=O)N1CCC[C@H]1B1OC2C[C@@H]3C[C@@H](C3(C)C)[C@]2(C)O1. The van der Waals surface area contributed by atoms with Crippen LogP contribution in [0.15, 0.2) is 0 Å². The molecule has 4 N–H and O–H groups in total. The highest BCUT2D eigenvalue weighted by Crippen LogP contribution is 2.66. The summed E-state index contributed by atoms with van der Waals surface area (Å²) in [6.07, 6.45) is 7.98. The maximum Gasteiger partial charge on any atom is 0.481 e. The first-order valence-corrected chi connectivity index (χ1v) is 22.4. The number of carbonyl (C=O) groups is 6. The standard InChI is InChI=1S/C42H69BN6O11/c1-28(40(58)49-13-5-6-35(49)43-59-34-23-31-22-33(41(31,2)3)42(34,4)60-43)44-39(57)30-10-7-29(8-11-30)9-12-32(50)24-45-14-16-46(25-36(51)52)18-20-48(27-38(55)56)21-19-47(17-15-45)26-37(53)54/h28-31,33-35H,5-27H2,1-4H3,(H,44,57)(H,51,52)(H,53,54)(H,55,56)/t28-,29?,30?,31+,33+,34?,35+,42+/m1/s1. The molecular formula is C42H69BN6O11. The second-order valence-corrected chi connectivity index (χ2v) is 19.4. The summed E-state index contributed by atoms with van der Waals surface area (Å²) >= 11 is 0. The molecular weight excluding hydrogens is 775 g/mol. The molecule has 336 valence electrons. The van der Waals surface area contributed by atoms with E-state index in [4.69, 9.17) is 9.31 Å². The average Bonchev–Trinajstić information content (AvgIpc) is 3.82. The van der Waals surface area contributed by atoms with E-state index in [1.807, 2.05) is 9.80 Å². The highest BCUT2D eigenvalue weighted by molar-refractivity contribution is 6.48. The Hall–Kier alpha value is -3.16. The number of likely N-dealkylation sites (tertiary alicyclic amines) is 1. The highest BCUT2D eigenvalue weighted by atomic mass is 16.7. The fraction of sp³-hybridized carbons (Fsp3) is 0.857. The molecule has 17 nitrogen and oxygen atoms in total. The quantitative estimate of drug-likeness (QED) is 0.172. The summed E-state index contributed by atoms with van der Waals surface area (Å²) in [5.41, 5.74) is -0.102. The minimum atomic E-state index is -1.01. The Morgan fingerprint density at radius 3 is 1.73 bits per heavy atom. The maximum absolute atomic E-state index is 13.8. The van der Waals surface area contributed by atoms with Crippen molar-refractivity contribution in [2.24, 2.45) is 29.1 Å². The number of rotatable bonds is 15. The number of amides is 2. The zero-order chi connectivity index (χ0) is 43.4. The number of ketones is 1. The van der Waals surface area contributed by atoms with Crippen LogP contribution in [0.4, 0.5) is 0 Å². The zero-order valence-corrected chi connectivity index (χ0v) is 36.2. The average molecular weight is 845 g/mol. The molecule has 18 heteroatoms. The highest BCUT2D eigenvalue weighted by Gasteiger charge is 2.69. The van der Waals surface area contributed by atoms with Crippen LogP contribution in [0, 0.1) is 29.1 Å². The molecule has 0 aromatic heterocycles. The van der Waals surface area contributed by atoms with Gasteiger partial charge >= 0.3 is 25.0 Å². The van der Waals surface area contributed by atoms with Gasteiger partial charge in [-0.1, -0.05) is 13.8 Å². The number of carboxylic acids is 3. The van der Waals surface area contributed by atoms with Crippen LogP contribution < -0.4 is 5.32 Å². The molecule has 0 aromatic rings. The summed E-state index contributed by atoms with van der Waals surface area (Å²) in [4.78, 5) is 84.3. The molecule has 1 unspecified atom stereocenters. The summed E-state index contributed by atoms with van der Waals surface area (Å²) in [6.45, 7) is 11.5. The minimum Gasteiger partial charge on any atom is -0.480 e. The molecule has 7 rings (SSSR count). The second kappa shape index (κ2) is 19.9. The smallest absolute Gasteiger partial charge is 0.480 e. The first-order valence-electron chi connectivity index (χ1n) is 22.4. The van der Waals surface area contributed by atoms with Gasteiger partial charge in [-0.2, -0.15) is 0 Å². The lowest BCUT2D eigenvalue weighted by atomic mass is 9.43. The fourth-order valence-electron chi connectivity index (χ4n) is 11.2. The van der Waals surface area contributed by atoms with Gasteiger partial charge in [0.1, 0.15) is 11.8 Å². The van der Waals surface area contributed by atoms with Crippen LogP contribution in [0.25, 0.3) is 0 Å². The Kier molecular flexibility index (Phi) is 15.4. The number of nitrogens with one attached hydrogen (secondary N) is 1. The van der Waals surface area contributed by atoms with E-state index in [1.54, 1.807) is 21.6 Å². The van der Waals surface area contributed by atoms with Gasteiger partial charge in [0.2, 0.25) is 11.8 Å². The number of aliphatic carboxylic acids is 3. The number of Topliss-reactive ketones (excluding diaryl/α,β-unsaturated/α-hetero) is 1. The number of hydrogen-bond acceptors (Lipinski definition) is 12. The van der Waals surface area contributed by atoms with Gasteiger partial charge in [0.05, 0.1) is 43.8 Å². The van der Waals surface area contributed by atoms with Crippen LogP contribution in [0.1, 0.15) is 91.9 Å². The normalized spacial score (nSPS) is 32.5. The third-order valence-corrected chi connectivity index (χ3v) is 15.0. The summed E-state index contributed by atoms with van der Waals surface area (Å²) in [7, 11) is -0.452. The molecule has 0 spiro atoms. The van der Waals surface area contributed by atoms with Crippen molar-refractivity contribution in [1.29, 1.82) is 0 Å². The van der Waals surface area contributed by atoms with Crippen LogP contribution in [0.3, 0.4) is 0 Å². The summed E-state index contributed by atoms with van der Waals surface area (Å²) in [5, 5.41) is 31.4. The molecule has 3 aliphatic heterocycles. The molecule has 7 aliphatic rings. The van der Waals surface area contributed by atoms with Gasteiger partial charge in [-0.25, -0.2) is 0 Å². The van der Waals surface area contributed by atoms with Crippen LogP contribution in [0.5, 0.6) is 0 Å². The second-order valence-electron chi connectivity index (χ2n) is 19.4. The largest absolute Gasteiger partial charge is 0.481 e. The number of hydrogen-bond donors (Lipinski definition) is 4. The van der Waals surface area contributed by atoms with Crippen LogP contribution in [0.2, 0.25) is 0 Å². The number of nitrogens with zero attached hydrogens (tertiary/aromatic N) is 5. The molecule has 60 heavy (non-hydrogen) atoms. The molecule has 2 bridgehead atoms. The summed E-state index contributed by atoms with van der Waals surface area (Å²) in [5.74, 6) is -2.12. The van der Waals surface area contributed by atoms with Gasteiger partial charge in [0.25, 0.3) is 0 Å². The molecule has 0 aromatic carbocycles. The Morgan fingerprint density at radius 1 is 0.717 bits per heavy atom. The van der Waals surface area contributed by atoms with Gasteiger partial charge < -0.3 is 34.8 Å². The Morgan fingerprint density at radius 2 is 1.23 bits per heavy atom. The third-order valence-electron chi connectivity index (χ3n) is 15.0. The van der Waals surface area contributed by atoms with Crippen molar-refractivity contribution >= 4 is 42.6 Å². The van der Waals surface area contributed by atoms with E-state index in [9.17, 15) is 44.1 Å². The lowest BCUT2D eigenvalue weighted by Crippen LogP contribution is -2.65. The van der Waals surface area contributed by atoms with Crippen LogP contribution in [-0.2, 0) is 38.1 Å². The first-order chi connectivity index (χ1) is 28.4. The Balaban J connectivity index is 0.937. The molecule has 4 aliphatic carbocycles. The monoisotopic (exact) mass is 845 g/mol. The molecule has 3 heterocycles. The Bertz CT molecular complexity index is 1550. The van der Waals surface area contributed by atoms with Crippen LogP contribution >= 0.6 is 0 Å². The van der Waals surface area contributed by atoms with Gasteiger partial charge in [-0.15, -0.1) is 0 Å². The molecule has 3 saturated heterocycles. The zero-order valence-electron chi connectivity index (χ0n) is 36.2. The van der Waals surface area contributed by atoms with Gasteiger partial charge in [0, 0.05) is 71.2 Å². The molecule has 6 atom stereocenters. The molecule has 4 saturated carbocycles. The summed E-state index contributed by atoms with van der Waals surface area (Å²) < 4.78 is 13.3. The summed E-state index contributed by atoms with van der Waals surface area (Å²) in [6, 6.07) is -0.663. The lowest BCUT2D eigenvalue weighted by molar-refractivity contribution is -0.199. The van der Waals surface area contributed by atoms with E-state index in [2.05, 4.69) is 26.1 Å². The number of carboxylic acid groups (broad SMARTS) is 3. The molecule has 7 fully saturated rings. The van der Waals surface area contributed by atoms with Crippen molar-refractivity contribution in [2.45, 2.75) is 116 Å². The predicted octanol–water partition coefficient (Wildman–Crippen LogP) is 1.38. The van der Waals surface area contributed by atoms with Crippen molar-refractivity contribution in [2.75, 3.05) is 85.1 Å². The van der Waals surface area contributed by atoms with E-state index in [0.717, 1.165) is 32.1 Å². The van der Waals surface area contributed by atoms with E-state index in [-0.39, 0.29) is 72.8 Å². The Labute approximate surface area is 354 Å². The van der Waals surface area contributed by atoms with E-state index < -0.39 is 31.1 Å². The van der Waals surface area contributed by atoms with Crippen molar-refractivity contribution in [3.63, 3.8) is 0 Å². The lowest BCUT2D eigenvalue weighted by Gasteiger charge is -2.64. The fourth-order valence-corrected chi connectivity index (χ4v) is 11.2. The van der Waals surface area contributed by atoms with E-state index >= 15 is 0 Å². The molecule has 0 radical (unpaired) electrons. The van der Waals surface area contributed by atoms with E-state index in [0.29, 0.717) is 102 Å². The van der Waals surface area contributed by atoms with Gasteiger partial charge in [0.15, 0.2) is 0 Å². The van der Waals surface area contributed by atoms with Gasteiger partial charge in [-0.05, 0) is 94.8 Å². The topological polar surface area (TPSA) is 210 Å². The number of carbonyl (C=O) groups excluding carboxylic acids is 3. The predicted molar refractivity (Wildman–Crippen MR) is 221 cm³/mol. The van der Waals surface area contributed by atoms with Crippen molar-refractivity contribution in [3.8, 4) is 0 Å². The molecule has 2 amide bonds. The first kappa shape index (κ1) is 46.4.